The number of carbonyl (C=O) groups excluding carboxylic acids is 3. The van der Waals surface area contributed by atoms with Crippen LogP contribution in [0.15, 0.2) is 109 Å². The minimum absolute atomic E-state index is 0.0913. The predicted molar refractivity (Wildman–Crippen MR) is 334 cm³/mol. The number of hydrogen-bond acceptors (Lipinski definition) is 14. The Balaban J connectivity index is 4.68. The van der Waals surface area contributed by atoms with Gasteiger partial charge in [-0.15, -0.1) is 0 Å². The molecular formula is C65H110O16P2. The van der Waals surface area contributed by atoms with Crippen molar-refractivity contribution in [1.29, 1.82) is 0 Å². The summed E-state index contributed by atoms with van der Waals surface area (Å²) in [6.45, 7) is 2.32. The van der Waals surface area contributed by atoms with Gasteiger partial charge in [0.2, 0.25) is 0 Å². The van der Waals surface area contributed by atoms with E-state index in [1.54, 1.807) is 0 Å². The Labute approximate surface area is 500 Å². The standard InChI is InChI=1S/C65H110O16P2/c1-4-7-10-13-16-19-22-24-26-28-29-31-33-34-37-39-42-45-48-51-63(68)75-54-60(66)55-77-82(71,72)78-56-61(67)57-79-83(73,74)80-59-62(81-65(70)53-50-47-44-41-36-21-18-15-12-9-6-3)58-76-64(69)52-49-46-43-40-38-35-32-30-27-25-23-20-17-14-11-8-5-2/h7-8,10-11,16-17,19-20,24-27,29,31-32,35,40,43,60-62,66-67H,4-6,9,12-15,18,21-23,28,30,33-34,36-39,41-42,44-59H2,1-3H3,(H,71,72)(H,73,74)/b10-7-,11-8-,19-16-,20-17-,26-24-,27-25-,31-29-,35-32-,43-40-. The molecule has 0 aromatic heterocycles. The largest absolute Gasteiger partial charge is 0.472 e. The van der Waals surface area contributed by atoms with Crippen LogP contribution in [0.2, 0.25) is 0 Å². The second-order valence-corrected chi connectivity index (χ2v) is 23.4. The highest BCUT2D eigenvalue weighted by Gasteiger charge is 2.29. The maximum atomic E-state index is 12.8. The predicted octanol–water partition coefficient (Wildman–Crippen LogP) is 16.5. The van der Waals surface area contributed by atoms with E-state index in [0.717, 1.165) is 122 Å². The Morgan fingerprint density at radius 2 is 0.651 bits per heavy atom. The molecule has 83 heavy (non-hydrogen) atoms. The number of esters is 3. The fourth-order valence-electron chi connectivity index (χ4n) is 7.77. The van der Waals surface area contributed by atoms with Crippen LogP contribution in [0.4, 0.5) is 0 Å². The number of rotatable bonds is 58. The van der Waals surface area contributed by atoms with Gasteiger partial charge in [0.15, 0.2) is 6.10 Å². The third kappa shape index (κ3) is 59.7. The van der Waals surface area contributed by atoms with Gasteiger partial charge in [-0.2, -0.15) is 0 Å². The maximum Gasteiger partial charge on any atom is 0.472 e. The molecule has 0 aromatic rings. The van der Waals surface area contributed by atoms with Crippen molar-refractivity contribution in [1.82, 2.24) is 0 Å². The first-order valence-electron chi connectivity index (χ1n) is 31.2. The highest BCUT2D eigenvalue weighted by Crippen LogP contribution is 2.45. The fraction of sp³-hybridized carbons (Fsp3) is 0.677. The van der Waals surface area contributed by atoms with Crippen LogP contribution in [-0.4, -0.2) is 95.9 Å². The smallest absolute Gasteiger partial charge is 0.463 e. The summed E-state index contributed by atoms with van der Waals surface area (Å²) in [5.74, 6) is -1.66. The molecule has 0 amide bonds. The van der Waals surface area contributed by atoms with Gasteiger partial charge in [-0.1, -0.05) is 220 Å². The van der Waals surface area contributed by atoms with Gasteiger partial charge in [0.25, 0.3) is 0 Å². The summed E-state index contributed by atoms with van der Waals surface area (Å²) < 4.78 is 60.6. The number of unbranched alkanes of at least 4 members (excludes halogenated alkanes) is 17. The Bertz CT molecular complexity index is 1960. The molecule has 5 unspecified atom stereocenters. The van der Waals surface area contributed by atoms with Gasteiger partial charge in [-0.3, -0.25) is 32.5 Å². The highest BCUT2D eigenvalue weighted by molar-refractivity contribution is 7.47. The zero-order chi connectivity index (χ0) is 61.0. The average Bonchev–Trinajstić information content (AvgIpc) is 3.47. The van der Waals surface area contributed by atoms with Crippen molar-refractivity contribution in [2.45, 2.75) is 245 Å². The summed E-state index contributed by atoms with van der Waals surface area (Å²) >= 11 is 0. The number of phosphoric ester groups is 2. The lowest BCUT2D eigenvalue weighted by Crippen LogP contribution is -2.30. The van der Waals surface area contributed by atoms with Crippen molar-refractivity contribution >= 4 is 33.6 Å². The third-order valence-electron chi connectivity index (χ3n) is 12.5. The van der Waals surface area contributed by atoms with E-state index in [2.05, 4.69) is 118 Å². The molecular weight excluding hydrogens is 1100 g/mol. The molecule has 0 saturated carbocycles. The summed E-state index contributed by atoms with van der Waals surface area (Å²) in [5.41, 5.74) is 0. The molecule has 0 aliphatic carbocycles. The Hall–Kier alpha value is -3.79. The minimum Gasteiger partial charge on any atom is -0.463 e. The molecule has 0 saturated heterocycles. The average molecular weight is 1210 g/mol. The lowest BCUT2D eigenvalue weighted by atomic mass is 10.1. The number of carbonyl (C=O) groups is 3. The van der Waals surface area contributed by atoms with Gasteiger partial charge in [0.05, 0.1) is 26.4 Å². The quantitative estimate of drug-likeness (QED) is 0.0146. The number of aliphatic hydroxyl groups excluding tert-OH is 2. The maximum absolute atomic E-state index is 12.8. The monoisotopic (exact) mass is 1210 g/mol. The van der Waals surface area contributed by atoms with Gasteiger partial charge in [-0.25, -0.2) is 9.13 Å². The van der Waals surface area contributed by atoms with E-state index in [-0.39, 0.29) is 19.3 Å². The molecule has 0 aromatic carbocycles. The summed E-state index contributed by atoms with van der Waals surface area (Å²) in [6.07, 6.45) is 63.1. The van der Waals surface area contributed by atoms with Crippen LogP contribution in [0.5, 0.6) is 0 Å². The minimum atomic E-state index is -4.93. The summed E-state index contributed by atoms with van der Waals surface area (Å²) in [7, 11) is -9.78. The molecule has 0 heterocycles. The topological polar surface area (TPSA) is 231 Å². The van der Waals surface area contributed by atoms with Gasteiger partial charge >= 0.3 is 33.6 Å². The van der Waals surface area contributed by atoms with Crippen molar-refractivity contribution in [3.63, 3.8) is 0 Å². The molecule has 0 aliphatic heterocycles. The lowest BCUT2D eigenvalue weighted by molar-refractivity contribution is -0.161. The van der Waals surface area contributed by atoms with E-state index >= 15 is 0 Å². The molecule has 4 N–H and O–H groups in total. The highest BCUT2D eigenvalue weighted by atomic mass is 31.2. The van der Waals surface area contributed by atoms with Crippen LogP contribution in [0.1, 0.15) is 226 Å². The zero-order valence-electron chi connectivity index (χ0n) is 51.1. The van der Waals surface area contributed by atoms with Crippen LogP contribution in [0, 0.1) is 0 Å². The summed E-state index contributed by atoms with van der Waals surface area (Å²) in [4.78, 5) is 58.1. The Morgan fingerprint density at radius 3 is 1.06 bits per heavy atom. The molecule has 0 radical (unpaired) electrons. The van der Waals surface area contributed by atoms with Crippen molar-refractivity contribution in [2.24, 2.45) is 0 Å². The van der Waals surface area contributed by atoms with E-state index < -0.39 is 91.5 Å². The number of phosphoric acid groups is 2. The molecule has 0 bridgehead atoms. The number of allylic oxidation sites excluding steroid dienone is 18. The van der Waals surface area contributed by atoms with Crippen molar-refractivity contribution in [2.75, 3.05) is 39.6 Å². The molecule has 476 valence electrons. The van der Waals surface area contributed by atoms with Crippen molar-refractivity contribution in [3.05, 3.63) is 109 Å². The second-order valence-electron chi connectivity index (χ2n) is 20.5. The van der Waals surface area contributed by atoms with Crippen LogP contribution in [0.3, 0.4) is 0 Å². The third-order valence-corrected chi connectivity index (χ3v) is 14.4. The molecule has 16 nitrogen and oxygen atoms in total. The van der Waals surface area contributed by atoms with Crippen molar-refractivity contribution < 1.29 is 75.8 Å². The van der Waals surface area contributed by atoms with Gasteiger partial charge in [0.1, 0.15) is 25.4 Å². The van der Waals surface area contributed by atoms with E-state index in [0.29, 0.717) is 25.7 Å². The zero-order valence-corrected chi connectivity index (χ0v) is 52.9. The molecule has 0 spiro atoms. The van der Waals surface area contributed by atoms with E-state index in [9.17, 15) is 43.5 Å². The Kier molecular flexibility index (Phi) is 55.9. The molecule has 5 atom stereocenters. The summed E-state index contributed by atoms with van der Waals surface area (Å²) in [6, 6.07) is 0. The SMILES string of the molecule is CC/C=C\C/C=C\C/C=C\C/C=C\C/C=C\CCCC(=O)OCC(COP(=O)(O)OCC(O)COP(=O)(O)OCC(O)COC(=O)CCCCCCCC/C=C\C/C=C\C/C=C\C/C=C\CC)OC(=O)CCCCCCCCCCCCC. The number of hydrogen-bond donors (Lipinski definition) is 4. The first kappa shape index (κ1) is 79.2. The van der Waals surface area contributed by atoms with Crippen LogP contribution in [0.25, 0.3) is 0 Å². The van der Waals surface area contributed by atoms with Gasteiger partial charge < -0.3 is 34.2 Å². The van der Waals surface area contributed by atoms with Crippen LogP contribution in [-0.2, 0) is 55.8 Å². The summed E-state index contributed by atoms with van der Waals surface area (Å²) in [5, 5.41) is 20.5. The second kappa shape index (κ2) is 58.6. The molecule has 0 aliphatic rings. The number of aliphatic hydroxyl groups is 2. The molecule has 18 heteroatoms. The Morgan fingerprint density at radius 1 is 0.349 bits per heavy atom. The van der Waals surface area contributed by atoms with Crippen molar-refractivity contribution in [3.8, 4) is 0 Å². The molecule has 0 fully saturated rings. The van der Waals surface area contributed by atoms with E-state index in [1.807, 2.05) is 12.2 Å². The van der Waals surface area contributed by atoms with Gasteiger partial charge in [-0.05, 0) is 96.3 Å². The van der Waals surface area contributed by atoms with E-state index in [4.69, 9.17) is 32.3 Å². The number of ether oxygens (including phenoxy) is 3. The first-order chi connectivity index (χ1) is 40.2. The van der Waals surface area contributed by atoms with E-state index in [1.165, 1.54) is 38.5 Å². The first-order valence-corrected chi connectivity index (χ1v) is 34.2. The van der Waals surface area contributed by atoms with Gasteiger partial charge in [0, 0.05) is 19.3 Å². The normalized spacial score (nSPS) is 15.1. The molecule has 0 rings (SSSR count). The van der Waals surface area contributed by atoms with Crippen LogP contribution >= 0.6 is 15.6 Å². The lowest BCUT2D eigenvalue weighted by Gasteiger charge is -2.21. The fourth-order valence-corrected chi connectivity index (χ4v) is 9.36. The van der Waals surface area contributed by atoms with Crippen LogP contribution < -0.4 is 0 Å².